The summed E-state index contributed by atoms with van der Waals surface area (Å²) in [6, 6.07) is 10.9. The van der Waals surface area contributed by atoms with Gasteiger partial charge >= 0.3 is 0 Å². The molecule has 1 N–H and O–H groups in total. The molecule has 1 aromatic heterocycles. The van der Waals surface area contributed by atoms with Crippen LogP contribution in [0.5, 0.6) is 5.75 Å². The molecule has 0 radical (unpaired) electrons. The number of hydrogen-bond acceptors (Lipinski definition) is 5. The van der Waals surface area contributed by atoms with E-state index in [1.165, 1.54) is 35.6 Å². The van der Waals surface area contributed by atoms with Gasteiger partial charge in [-0.25, -0.2) is 9.37 Å². The van der Waals surface area contributed by atoms with Crippen LogP contribution in [0.3, 0.4) is 0 Å². The number of carbonyl (C=O) groups excluding carboxylic acids is 2. The predicted octanol–water partition coefficient (Wildman–Crippen LogP) is 3.95. The monoisotopic (exact) mass is 397 g/mol. The Morgan fingerprint density at radius 1 is 1.29 bits per heavy atom. The molecule has 2 heterocycles. The number of hydrogen-bond donors (Lipinski definition) is 1. The second kappa shape index (κ2) is 7.05. The van der Waals surface area contributed by atoms with Crippen molar-refractivity contribution in [3.8, 4) is 17.0 Å². The van der Waals surface area contributed by atoms with Crippen molar-refractivity contribution in [2.75, 3.05) is 17.3 Å². The highest BCUT2D eigenvalue weighted by molar-refractivity contribution is 7.14. The van der Waals surface area contributed by atoms with Crippen molar-refractivity contribution in [1.29, 1.82) is 0 Å². The van der Waals surface area contributed by atoms with Gasteiger partial charge in [-0.1, -0.05) is 6.07 Å². The van der Waals surface area contributed by atoms with E-state index in [2.05, 4.69) is 10.3 Å². The molecule has 0 aliphatic carbocycles. The van der Waals surface area contributed by atoms with Crippen LogP contribution in [0.15, 0.2) is 47.8 Å². The van der Waals surface area contributed by atoms with Crippen molar-refractivity contribution in [3.05, 3.63) is 59.2 Å². The average Bonchev–Trinajstić information content (AvgIpc) is 3.14. The molecule has 0 saturated carbocycles. The fraction of sp³-hybridized carbons (Fsp3) is 0.150. The van der Waals surface area contributed by atoms with Crippen LogP contribution in [0, 0.1) is 5.82 Å². The van der Waals surface area contributed by atoms with Gasteiger partial charge in [0.1, 0.15) is 11.6 Å². The molecule has 142 valence electrons. The van der Waals surface area contributed by atoms with E-state index in [1.807, 2.05) is 12.1 Å². The number of amides is 2. The van der Waals surface area contributed by atoms with Crippen molar-refractivity contribution < 1.29 is 18.7 Å². The third kappa shape index (κ3) is 3.34. The molecule has 1 aliphatic heterocycles. The van der Waals surface area contributed by atoms with Gasteiger partial charge in [0.2, 0.25) is 0 Å². The number of thiazole rings is 1. The van der Waals surface area contributed by atoms with Crippen molar-refractivity contribution in [3.63, 3.8) is 0 Å². The molecule has 3 aromatic rings. The summed E-state index contributed by atoms with van der Waals surface area (Å²) in [5.41, 5.74) is 2.33. The van der Waals surface area contributed by atoms with E-state index in [9.17, 15) is 14.0 Å². The maximum atomic E-state index is 13.3. The molecule has 0 saturated heterocycles. The number of carbonyl (C=O) groups is 2. The molecule has 1 aliphatic rings. The molecular formula is C20H16FN3O3S. The Labute approximate surface area is 164 Å². The summed E-state index contributed by atoms with van der Waals surface area (Å²) in [5.74, 6) is -0.394. The molecule has 2 amide bonds. The van der Waals surface area contributed by atoms with Crippen LogP contribution < -0.4 is 15.0 Å². The summed E-state index contributed by atoms with van der Waals surface area (Å²) < 4.78 is 18.9. The van der Waals surface area contributed by atoms with Crippen molar-refractivity contribution >= 4 is 34.0 Å². The Hall–Kier alpha value is -3.26. The predicted molar refractivity (Wildman–Crippen MR) is 105 cm³/mol. The number of ether oxygens (including phenoxy) is 1. The largest absolute Gasteiger partial charge is 0.479 e. The lowest BCUT2D eigenvalue weighted by Gasteiger charge is -2.30. The topological polar surface area (TPSA) is 71.5 Å². The molecule has 0 spiro atoms. The number of fused-ring (bicyclic) bond motifs is 1. The first-order valence-corrected chi connectivity index (χ1v) is 9.41. The maximum Gasteiger partial charge on any atom is 0.267 e. The van der Waals surface area contributed by atoms with E-state index < -0.39 is 17.8 Å². The molecule has 4 rings (SSSR count). The van der Waals surface area contributed by atoms with Gasteiger partial charge in [0.05, 0.1) is 11.4 Å². The maximum absolute atomic E-state index is 13.3. The van der Waals surface area contributed by atoms with E-state index >= 15 is 0 Å². The molecule has 1 atom stereocenters. The minimum Gasteiger partial charge on any atom is -0.479 e. The molecule has 8 heteroatoms. The first-order valence-electron chi connectivity index (χ1n) is 8.53. The van der Waals surface area contributed by atoms with Gasteiger partial charge in [-0.3, -0.25) is 14.9 Å². The fourth-order valence-corrected chi connectivity index (χ4v) is 3.65. The van der Waals surface area contributed by atoms with Crippen molar-refractivity contribution in [2.45, 2.75) is 13.0 Å². The number of rotatable bonds is 3. The van der Waals surface area contributed by atoms with Gasteiger partial charge in [-0.15, -0.1) is 11.3 Å². The summed E-state index contributed by atoms with van der Waals surface area (Å²) in [5, 5.41) is 4.87. The third-order valence-corrected chi connectivity index (χ3v) is 5.17. The van der Waals surface area contributed by atoms with Crippen LogP contribution in [0.4, 0.5) is 15.2 Å². The highest BCUT2D eigenvalue weighted by Crippen LogP contribution is 2.37. The Kier molecular flexibility index (Phi) is 4.56. The lowest BCUT2D eigenvalue weighted by molar-refractivity contribution is -0.125. The van der Waals surface area contributed by atoms with Gasteiger partial charge < -0.3 is 9.64 Å². The molecule has 6 nitrogen and oxygen atoms in total. The minimum atomic E-state index is -0.521. The van der Waals surface area contributed by atoms with Crippen molar-refractivity contribution in [1.82, 2.24) is 4.98 Å². The summed E-state index contributed by atoms with van der Waals surface area (Å²) in [6.07, 6.45) is -0.521. The number of anilines is 2. The molecular weight excluding hydrogens is 381 g/mol. The Morgan fingerprint density at radius 3 is 2.89 bits per heavy atom. The number of likely N-dealkylation sites (N-methyl/N-ethyl adjacent to an activating group) is 1. The van der Waals surface area contributed by atoms with Gasteiger partial charge in [0.15, 0.2) is 11.2 Å². The van der Waals surface area contributed by atoms with Gasteiger partial charge in [-0.05, 0) is 43.3 Å². The Morgan fingerprint density at radius 2 is 2.11 bits per heavy atom. The molecule has 2 aromatic carbocycles. The molecule has 0 fully saturated rings. The second-order valence-corrected chi connectivity index (χ2v) is 7.20. The molecule has 0 unspecified atom stereocenters. The highest BCUT2D eigenvalue weighted by atomic mass is 32.1. The summed E-state index contributed by atoms with van der Waals surface area (Å²) in [6.45, 7) is 1.71. The number of aromatic nitrogens is 1. The van der Waals surface area contributed by atoms with Crippen LogP contribution in [-0.4, -0.2) is 29.9 Å². The zero-order valence-corrected chi connectivity index (χ0v) is 15.9. The second-order valence-electron chi connectivity index (χ2n) is 6.34. The minimum absolute atomic E-state index is 0.119. The first-order chi connectivity index (χ1) is 13.4. The van der Waals surface area contributed by atoms with E-state index in [-0.39, 0.29) is 11.5 Å². The van der Waals surface area contributed by atoms with Crippen LogP contribution in [-0.2, 0) is 4.79 Å². The average molecular weight is 397 g/mol. The van der Waals surface area contributed by atoms with Gasteiger partial charge in [0, 0.05) is 23.6 Å². The lowest BCUT2D eigenvalue weighted by atomic mass is 10.1. The zero-order chi connectivity index (χ0) is 19.8. The lowest BCUT2D eigenvalue weighted by Crippen LogP contribution is -2.41. The Bertz CT molecular complexity index is 1080. The van der Waals surface area contributed by atoms with Crippen LogP contribution in [0.25, 0.3) is 11.3 Å². The summed E-state index contributed by atoms with van der Waals surface area (Å²) >= 11 is 1.26. The van der Waals surface area contributed by atoms with Crippen molar-refractivity contribution in [2.24, 2.45) is 0 Å². The van der Waals surface area contributed by atoms with E-state index in [1.54, 1.807) is 30.3 Å². The van der Waals surface area contributed by atoms with E-state index in [4.69, 9.17) is 4.74 Å². The van der Waals surface area contributed by atoms with Gasteiger partial charge in [-0.2, -0.15) is 0 Å². The summed E-state index contributed by atoms with van der Waals surface area (Å²) in [4.78, 5) is 30.4. The third-order valence-electron chi connectivity index (χ3n) is 4.41. The van der Waals surface area contributed by atoms with Crippen LogP contribution in [0.2, 0.25) is 0 Å². The quantitative estimate of drug-likeness (QED) is 0.727. The van der Waals surface area contributed by atoms with Crippen LogP contribution in [0.1, 0.15) is 17.3 Å². The number of benzene rings is 2. The normalized spacial score (nSPS) is 15.8. The zero-order valence-electron chi connectivity index (χ0n) is 15.1. The fourth-order valence-electron chi connectivity index (χ4n) is 2.93. The highest BCUT2D eigenvalue weighted by Gasteiger charge is 2.29. The smallest absolute Gasteiger partial charge is 0.267 e. The molecule has 28 heavy (non-hydrogen) atoms. The van der Waals surface area contributed by atoms with E-state index in [0.717, 1.165) is 5.56 Å². The molecule has 0 bridgehead atoms. The van der Waals surface area contributed by atoms with E-state index in [0.29, 0.717) is 22.3 Å². The number of nitrogens with one attached hydrogen (secondary N) is 1. The number of nitrogens with zero attached hydrogens (tertiary/aromatic N) is 2. The standard InChI is InChI=1S/C20H16FN3O3S/c1-11-19(26)24(2)16-9-12(6-7-17(16)27-11)15-10-28-20(22-15)23-18(25)13-4-3-5-14(21)8-13/h3-11H,1-2H3,(H,22,23,25)/t11-/m1/s1. The SMILES string of the molecule is C[C@H]1Oc2ccc(-c3csc(NC(=O)c4cccc(F)c4)n3)cc2N(C)C1=O. The van der Waals surface area contributed by atoms with Gasteiger partial charge in [0.25, 0.3) is 11.8 Å². The first kappa shape index (κ1) is 18.1. The summed E-state index contributed by atoms with van der Waals surface area (Å²) in [7, 11) is 1.70. The Balaban J connectivity index is 1.57. The number of halogens is 1. The van der Waals surface area contributed by atoms with Crippen LogP contribution >= 0.6 is 11.3 Å².